The fraction of sp³-hybridized carbons (Fsp3) is 0.158. The zero-order valence-electron chi connectivity index (χ0n) is 13.7. The van der Waals surface area contributed by atoms with E-state index in [0.29, 0.717) is 46.9 Å². The summed E-state index contributed by atoms with van der Waals surface area (Å²) in [6.45, 7) is 1.06. The third-order valence-corrected chi connectivity index (χ3v) is 4.07. The molecule has 0 aliphatic carbocycles. The van der Waals surface area contributed by atoms with Crippen molar-refractivity contribution in [2.24, 2.45) is 0 Å². The van der Waals surface area contributed by atoms with Crippen LogP contribution in [0, 0.1) is 0 Å². The van der Waals surface area contributed by atoms with Gasteiger partial charge in [0.15, 0.2) is 17.3 Å². The molecule has 1 aliphatic rings. The fourth-order valence-electron chi connectivity index (χ4n) is 2.66. The molecule has 2 heterocycles. The highest BCUT2D eigenvalue weighted by atomic mass is 35.5. The van der Waals surface area contributed by atoms with Gasteiger partial charge in [0.2, 0.25) is 5.91 Å². The summed E-state index contributed by atoms with van der Waals surface area (Å²) in [5.41, 5.74) is 1.98. The highest BCUT2D eigenvalue weighted by Crippen LogP contribution is 2.34. The number of ether oxygens (including phenoxy) is 2. The summed E-state index contributed by atoms with van der Waals surface area (Å²) in [5.74, 6) is 1.74. The minimum Gasteiger partial charge on any atom is -0.486 e. The van der Waals surface area contributed by atoms with Gasteiger partial charge < -0.3 is 19.3 Å². The molecule has 0 radical (unpaired) electrons. The minimum atomic E-state index is -0.200. The van der Waals surface area contributed by atoms with Crippen LogP contribution in [0.1, 0.15) is 5.69 Å². The standard InChI is InChI=1S/C19H15ClN2O4/c20-13-2-1-3-14(9-13)21-19(23)11-15-10-17(26-22-15)12-4-5-16-18(8-12)25-7-6-24-16/h1-5,8-10H,6-7,11H2,(H,21,23). The molecule has 2 aromatic carbocycles. The lowest BCUT2D eigenvalue weighted by Gasteiger charge is -2.18. The number of benzene rings is 2. The topological polar surface area (TPSA) is 73.6 Å². The van der Waals surface area contributed by atoms with Gasteiger partial charge in [-0.05, 0) is 36.4 Å². The van der Waals surface area contributed by atoms with Gasteiger partial charge in [-0.1, -0.05) is 22.8 Å². The Kier molecular flexibility index (Phi) is 4.50. The SMILES string of the molecule is O=C(Cc1cc(-c2ccc3c(c2)OCCO3)on1)Nc1cccc(Cl)c1. The first kappa shape index (κ1) is 16.5. The molecule has 132 valence electrons. The molecule has 0 saturated heterocycles. The van der Waals surface area contributed by atoms with Crippen molar-refractivity contribution in [3.05, 3.63) is 59.2 Å². The van der Waals surface area contributed by atoms with Crippen LogP contribution in [0.5, 0.6) is 11.5 Å². The molecule has 0 fully saturated rings. The largest absolute Gasteiger partial charge is 0.486 e. The van der Waals surface area contributed by atoms with Crippen LogP contribution in [0.4, 0.5) is 5.69 Å². The number of anilines is 1. The second kappa shape index (κ2) is 7.09. The molecule has 0 unspecified atom stereocenters. The van der Waals surface area contributed by atoms with Gasteiger partial charge in [0.25, 0.3) is 0 Å². The second-order valence-electron chi connectivity index (χ2n) is 5.78. The molecule has 1 N–H and O–H groups in total. The van der Waals surface area contributed by atoms with Crippen molar-refractivity contribution >= 4 is 23.2 Å². The molecule has 6 nitrogen and oxygen atoms in total. The van der Waals surface area contributed by atoms with Gasteiger partial charge in [-0.15, -0.1) is 0 Å². The zero-order valence-corrected chi connectivity index (χ0v) is 14.5. The van der Waals surface area contributed by atoms with Gasteiger partial charge in [0.05, 0.1) is 12.1 Å². The van der Waals surface area contributed by atoms with E-state index in [-0.39, 0.29) is 12.3 Å². The van der Waals surface area contributed by atoms with E-state index in [0.717, 1.165) is 5.56 Å². The molecule has 1 aromatic heterocycles. The summed E-state index contributed by atoms with van der Waals surface area (Å²) in [5, 5.41) is 7.31. The number of amides is 1. The summed E-state index contributed by atoms with van der Waals surface area (Å²) >= 11 is 5.91. The van der Waals surface area contributed by atoms with E-state index in [1.807, 2.05) is 18.2 Å². The van der Waals surface area contributed by atoms with Crippen LogP contribution in [0.15, 0.2) is 53.1 Å². The summed E-state index contributed by atoms with van der Waals surface area (Å²) < 4.78 is 16.4. The fourth-order valence-corrected chi connectivity index (χ4v) is 2.85. The lowest BCUT2D eigenvalue weighted by molar-refractivity contribution is -0.115. The number of aromatic nitrogens is 1. The van der Waals surface area contributed by atoms with E-state index < -0.39 is 0 Å². The molecule has 0 spiro atoms. The highest BCUT2D eigenvalue weighted by molar-refractivity contribution is 6.30. The van der Waals surface area contributed by atoms with E-state index in [2.05, 4.69) is 10.5 Å². The molecule has 1 aliphatic heterocycles. The quantitative estimate of drug-likeness (QED) is 0.752. The molecule has 0 saturated carbocycles. The Balaban J connectivity index is 1.45. The second-order valence-corrected chi connectivity index (χ2v) is 6.21. The average Bonchev–Trinajstić information content (AvgIpc) is 3.09. The molecular weight excluding hydrogens is 356 g/mol. The number of hydrogen-bond donors (Lipinski definition) is 1. The van der Waals surface area contributed by atoms with Crippen molar-refractivity contribution < 1.29 is 18.8 Å². The van der Waals surface area contributed by atoms with Crippen LogP contribution in [0.25, 0.3) is 11.3 Å². The van der Waals surface area contributed by atoms with Crippen molar-refractivity contribution in [1.29, 1.82) is 0 Å². The Morgan fingerprint density at radius 1 is 1.08 bits per heavy atom. The first-order valence-electron chi connectivity index (χ1n) is 8.08. The maximum atomic E-state index is 12.2. The monoisotopic (exact) mass is 370 g/mol. The molecular formula is C19H15ClN2O4. The number of carbonyl (C=O) groups is 1. The number of nitrogens with one attached hydrogen (secondary N) is 1. The Morgan fingerprint density at radius 3 is 2.77 bits per heavy atom. The lowest BCUT2D eigenvalue weighted by Crippen LogP contribution is -2.15. The van der Waals surface area contributed by atoms with Crippen molar-refractivity contribution in [1.82, 2.24) is 5.16 Å². The molecule has 0 atom stereocenters. The van der Waals surface area contributed by atoms with Gasteiger partial charge in [-0.2, -0.15) is 0 Å². The van der Waals surface area contributed by atoms with Crippen molar-refractivity contribution in [2.75, 3.05) is 18.5 Å². The first-order valence-corrected chi connectivity index (χ1v) is 8.46. The molecule has 3 aromatic rings. The molecule has 1 amide bonds. The van der Waals surface area contributed by atoms with Crippen LogP contribution >= 0.6 is 11.6 Å². The van der Waals surface area contributed by atoms with E-state index >= 15 is 0 Å². The number of halogens is 1. The average molecular weight is 371 g/mol. The highest BCUT2D eigenvalue weighted by Gasteiger charge is 2.16. The Labute approximate surface area is 154 Å². The molecule has 7 heteroatoms. The van der Waals surface area contributed by atoms with Gasteiger partial charge in [-0.25, -0.2) is 0 Å². The smallest absolute Gasteiger partial charge is 0.230 e. The zero-order chi connectivity index (χ0) is 17.9. The van der Waals surface area contributed by atoms with Gasteiger partial charge in [-0.3, -0.25) is 4.79 Å². The van der Waals surface area contributed by atoms with E-state index in [9.17, 15) is 4.79 Å². The maximum Gasteiger partial charge on any atom is 0.230 e. The summed E-state index contributed by atoms with van der Waals surface area (Å²) in [4.78, 5) is 12.2. The maximum absolute atomic E-state index is 12.2. The van der Waals surface area contributed by atoms with Crippen LogP contribution < -0.4 is 14.8 Å². The van der Waals surface area contributed by atoms with Gasteiger partial charge in [0.1, 0.15) is 13.2 Å². The van der Waals surface area contributed by atoms with Gasteiger partial charge >= 0.3 is 0 Å². The number of rotatable bonds is 4. The first-order chi connectivity index (χ1) is 12.7. The molecule has 4 rings (SSSR count). The lowest BCUT2D eigenvalue weighted by atomic mass is 10.1. The number of hydrogen-bond acceptors (Lipinski definition) is 5. The summed E-state index contributed by atoms with van der Waals surface area (Å²) in [6, 6.07) is 14.2. The van der Waals surface area contributed by atoms with E-state index in [4.69, 9.17) is 25.6 Å². The molecule has 26 heavy (non-hydrogen) atoms. The van der Waals surface area contributed by atoms with Crippen LogP contribution in [-0.4, -0.2) is 24.3 Å². The van der Waals surface area contributed by atoms with E-state index in [1.54, 1.807) is 30.3 Å². The van der Waals surface area contributed by atoms with Crippen LogP contribution in [0.2, 0.25) is 5.02 Å². The summed E-state index contributed by atoms with van der Waals surface area (Å²) in [6.07, 6.45) is 0.0978. The van der Waals surface area contributed by atoms with Crippen molar-refractivity contribution in [3.8, 4) is 22.8 Å². The number of nitrogens with zero attached hydrogens (tertiary/aromatic N) is 1. The number of fused-ring (bicyclic) bond motifs is 1. The Bertz CT molecular complexity index is 954. The van der Waals surface area contributed by atoms with Crippen molar-refractivity contribution in [2.45, 2.75) is 6.42 Å². The van der Waals surface area contributed by atoms with E-state index in [1.165, 1.54) is 0 Å². The normalized spacial score (nSPS) is 12.7. The van der Waals surface area contributed by atoms with Crippen molar-refractivity contribution in [3.63, 3.8) is 0 Å². The third kappa shape index (κ3) is 3.65. The summed E-state index contributed by atoms with van der Waals surface area (Å²) in [7, 11) is 0. The Hall–Kier alpha value is -2.99. The Morgan fingerprint density at radius 2 is 1.92 bits per heavy atom. The minimum absolute atomic E-state index is 0.0978. The predicted octanol–water partition coefficient (Wildman–Crippen LogP) is 3.95. The third-order valence-electron chi connectivity index (χ3n) is 3.84. The number of carbonyl (C=O) groups excluding carboxylic acids is 1. The van der Waals surface area contributed by atoms with Gasteiger partial charge in [0, 0.05) is 22.3 Å². The molecule has 0 bridgehead atoms. The van der Waals surface area contributed by atoms with Crippen LogP contribution in [0.3, 0.4) is 0 Å². The van der Waals surface area contributed by atoms with Crippen LogP contribution in [-0.2, 0) is 11.2 Å². The predicted molar refractivity (Wildman–Crippen MR) is 96.7 cm³/mol.